The molecule has 1 N–H and O–H groups in total. The summed E-state index contributed by atoms with van der Waals surface area (Å²) in [6.07, 6.45) is 3.55. The molecule has 3 heterocycles. The van der Waals surface area contributed by atoms with E-state index in [1.807, 2.05) is 54.3 Å². The Bertz CT molecular complexity index is 897. The molecule has 1 aliphatic rings. The smallest absolute Gasteiger partial charge is 0.253 e. The van der Waals surface area contributed by atoms with Gasteiger partial charge in [-0.05, 0) is 44.0 Å². The van der Waals surface area contributed by atoms with Crippen LogP contribution in [0.1, 0.15) is 40.8 Å². The average Bonchev–Trinajstić information content (AvgIpc) is 3.15. The highest BCUT2D eigenvalue weighted by molar-refractivity contribution is 5.95. The molecule has 1 aromatic carbocycles. The Morgan fingerprint density at radius 3 is 2.69 bits per heavy atom. The van der Waals surface area contributed by atoms with Gasteiger partial charge in [0.15, 0.2) is 5.82 Å². The second-order valence-corrected chi connectivity index (χ2v) is 6.64. The van der Waals surface area contributed by atoms with Crippen LogP contribution in [0.25, 0.3) is 11.3 Å². The summed E-state index contributed by atoms with van der Waals surface area (Å²) in [7, 11) is 0. The van der Waals surface area contributed by atoms with E-state index in [2.05, 4.69) is 20.2 Å². The maximum absolute atomic E-state index is 12.9. The number of aryl methyl sites for hydroxylation is 1. The van der Waals surface area contributed by atoms with Crippen LogP contribution in [0.15, 0.2) is 48.7 Å². The molecule has 4 rings (SSSR count). The molecule has 1 saturated heterocycles. The quantitative estimate of drug-likeness (QED) is 0.789. The Labute approximate surface area is 152 Å². The molecule has 3 aromatic rings. The predicted molar refractivity (Wildman–Crippen MR) is 98.7 cm³/mol. The molecule has 0 saturated carbocycles. The molecule has 1 fully saturated rings. The lowest BCUT2D eigenvalue weighted by Gasteiger charge is -2.31. The highest BCUT2D eigenvalue weighted by atomic mass is 16.2. The van der Waals surface area contributed by atoms with Gasteiger partial charge < -0.3 is 4.90 Å². The third kappa shape index (κ3) is 3.35. The largest absolute Gasteiger partial charge is 0.339 e. The number of hydrogen-bond acceptors (Lipinski definition) is 4. The monoisotopic (exact) mass is 347 g/mol. The second-order valence-electron chi connectivity index (χ2n) is 6.64. The standard InChI is InChI=1S/C20H21N5O/c1-14-22-19(24-23-14)15-8-11-25(12-9-15)20(26)17-6-4-5-16(13-17)18-7-2-3-10-21-18/h2-7,10,13,15H,8-9,11-12H2,1H3,(H,22,23,24). The van der Waals surface area contributed by atoms with Crippen molar-refractivity contribution in [2.75, 3.05) is 13.1 Å². The average molecular weight is 347 g/mol. The molecule has 1 aliphatic heterocycles. The predicted octanol–water partition coefficient (Wildman–Crippen LogP) is 3.19. The van der Waals surface area contributed by atoms with Gasteiger partial charge in [0.2, 0.25) is 0 Å². The maximum Gasteiger partial charge on any atom is 0.253 e. The van der Waals surface area contributed by atoms with Crippen LogP contribution in [-0.4, -0.2) is 44.1 Å². The molecule has 0 bridgehead atoms. The van der Waals surface area contributed by atoms with Gasteiger partial charge in [-0.3, -0.25) is 14.9 Å². The number of piperidine rings is 1. The third-order valence-corrected chi connectivity index (χ3v) is 4.83. The number of carbonyl (C=O) groups is 1. The number of aromatic amines is 1. The van der Waals surface area contributed by atoms with Crippen molar-refractivity contribution in [1.82, 2.24) is 25.1 Å². The van der Waals surface area contributed by atoms with Gasteiger partial charge in [-0.1, -0.05) is 18.2 Å². The second kappa shape index (κ2) is 7.07. The Balaban J connectivity index is 1.45. The third-order valence-electron chi connectivity index (χ3n) is 4.83. The first kappa shape index (κ1) is 16.4. The minimum Gasteiger partial charge on any atom is -0.339 e. The Morgan fingerprint density at radius 2 is 2.00 bits per heavy atom. The van der Waals surface area contributed by atoms with E-state index >= 15 is 0 Å². The summed E-state index contributed by atoms with van der Waals surface area (Å²) in [5.41, 5.74) is 2.55. The van der Waals surface area contributed by atoms with Crippen molar-refractivity contribution in [3.05, 3.63) is 65.9 Å². The Morgan fingerprint density at radius 1 is 1.15 bits per heavy atom. The van der Waals surface area contributed by atoms with Crippen molar-refractivity contribution in [3.63, 3.8) is 0 Å². The topological polar surface area (TPSA) is 74.8 Å². The van der Waals surface area contributed by atoms with Gasteiger partial charge >= 0.3 is 0 Å². The van der Waals surface area contributed by atoms with Crippen LogP contribution in [0.2, 0.25) is 0 Å². The molecular weight excluding hydrogens is 326 g/mol. The van der Waals surface area contributed by atoms with Crippen molar-refractivity contribution in [2.45, 2.75) is 25.7 Å². The number of rotatable bonds is 3. The molecule has 0 radical (unpaired) electrons. The molecule has 6 nitrogen and oxygen atoms in total. The fourth-order valence-electron chi connectivity index (χ4n) is 3.41. The minimum absolute atomic E-state index is 0.0763. The van der Waals surface area contributed by atoms with E-state index in [9.17, 15) is 4.79 Å². The van der Waals surface area contributed by atoms with E-state index in [0.29, 0.717) is 11.5 Å². The number of aromatic nitrogens is 4. The van der Waals surface area contributed by atoms with Crippen LogP contribution in [0.4, 0.5) is 0 Å². The number of H-pyrrole nitrogens is 1. The molecule has 26 heavy (non-hydrogen) atoms. The van der Waals surface area contributed by atoms with E-state index in [4.69, 9.17) is 0 Å². The first-order chi connectivity index (χ1) is 12.7. The lowest BCUT2D eigenvalue weighted by Crippen LogP contribution is -2.38. The summed E-state index contributed by atoms with van der Waals surface area (Å²) in [5.74, 6) is 2.10. The SMILES string of the molecule is Cc1nc(C2CCN(C(=O)c3cccc(-c4ccccn4)c3)CC2)n[nH]1. The normalized spacial score (nSPS) is 15.2. The van der Waals surface area contributed by atoms with Crippen LogP contribution >= 0.6 is 0 Å². The molecular formula is C20H21N5O. The van der Waals surface area contributed by atoms with Gasteiger partial charge in [0.1, 0.15) is 5.82 Å². The Hall–Kier alpha value is -3.02. The van der Waals surface area contributed by atoms with Crippen molar-refractivity contribution >= 4 is 5.91 Å². The molecule has 0 spiro atoms. The van der Waals surface area contributed by atoms with Crippen molar-refractivity contribution < 1.29 is 4.79 Å². The highest BCUT2D eigenvalue weighted by Gasteiger charge is 2.26. The molecule has 2 aromatic heterocycles. The zero-order chi connectivity index (χ0) is 17.9. The molecule has 0 aliphatic carbocycles. The van der Waals surface area contributed by atoms with E-state index in [1.54, 1.807) is 6.20 Å². The number of hydrogen-bond donors (Lipinski definition) is 1. The van der Waals surface area contributed by atoms with Crippen LogP contribution in [0.5, 0.6) is 0 Å². The van der Waals surface area contributed by atoms with Crippen LogP contribution in [0, 0.1) is 6.92 Å². The fraction of sp³-hybridized carbons (Fsp3) is 0.300. The number of carbonyl (C=O) groups excluding carboxylic acids is 1. The Kier molecular flexibility index (Phi) is 4.48. The van der Waals surface area contributed by atoms with E-state index in [-0.39, 0.29) is 5.91 Å². The summed E-state index contributed by atoms with van der Waals surface area (Å²) in [6.45, 7) is 3.36. The van der Waals surface area contributed by atoms with Gasteiger partial charge in [-0.15, -0.1) is 0 Å². The van der Waals surface area contributed by atoms with E-state index in [1.165, 1.54) is 0 Å². The van der Waals surface area contributed by atoms with Crippen molar-refractivity contribution in [1.29, 1.82) is 0 Å². The molecule has 6 heteroatoms. The number of amides is 1. The van der Waals surface area contributed by atoms with E-state index in [0.717, 1.165) is 48.8 Å². The van der Waals surface area contributed by atoms with Crippen LogP contribution in [-0.2, 0) is 0 Å². The summed E-state index contributed by atoms with van der Waals surface area (Å²) in [6, 6.07) is 13.5. The van der Waals surface area contributed by atoms with Gasteiger partial charge in [-0.2, -0.15) is 5.10 Å². The van der Waals surface area contributed by atoms with Crippen LogP contribution < -0.4 is 0 Å². The zero-order valence-electron chi connectivity index (χ0n) is 14.7. The van der Waals surface area contributed by atoms with Gasteiger partial charge in [0, 0.05) is 36.3 Å². The van der Waals surface area contributed by atoms with E-state index < -0.39 is 0 Å². The molecule has 132 valence electrons. The molecule has 1 amide bonds. The minimum atomic E-state index is 0.0763. The fourth-order valence-corrected chi connectivity index (χ4v) is 3.41. The highest BCUT2D eigenvalue weighted by Crippen LogP contribution is 2.27. The lowest BCUT2D eigenvalue weighted by atomic mass is 9.95. The molecule has 0 unspecified atom stereocenters. The summed E-state index contributed by atoms with van der Waals surface area (Å²) < 4.78 is 0. The number of nitrogens with zero attached hydrogens (tertiary/aromatic N) is 4. The van der Waals surface area contributed by atoms with Crippen molar-refractivity contribution in [2.24, 2.45) is 0 Å². The number of nitrogens with one attached hydrogen (secondary N) is 1. The summed E-state index contributed by atoms with van der Waals surface area (Å²) >= 11 is 0. The maximum atomic E-state index is 12.9. The first-order valence-electron chi connectivity index (χ1n) is 8.90. The van der Waals surface area contributed by atoms with Gasteiger partial charge in [-0.25, -0.2) is 4.98 Å². The van der Waals surface area contributed by atoms with Gasteiger partial charge in [0.25, 0.3) is 5.91 Å². The number of benzene rings is 1. The number of pyridine rings is 1. The molecule has 0 atom stereocenters. The summed E-state index contributed by atoms with van der Waals surface area (Å²) in [5, 5.41) is 7.17. The first-order valence-corrected chi connectivity index (χ1v) is 8.90. The number of likely N-dealkylation sites (tertiary alicyclic amines) is 1. The van der Waals surface area contributed by atoms with Crippen molar-refractivity contribution in [3.8, 4) is 11.3 Å². The summed E-state index contributed by atoms with van der Waals surface area (Å²) in [4.78, 5) is 23.6. The van der Waals surface area contributed by atoms with Crippen LogP contribution in [0.3, 0.4) is 0 Å². The zero-order valence-corrected chi connectivity index (χ0v) is 14.7. The lowest BCUT2D eigenvalue weighted by molar-refractivity contribution is 0.0711. The van der Waals surface area contributed by atoms with Gasteiger partial charge in [0.05, 0.1) is 5.69 Å².